The van der Waals surface area contributed by atoms with Crippen LogP contribution >= 0.6 is 0 Å². The highest BCUT2D eigenvalue weighted by molar-refractivity contribution is 7.91. The molecule has 2 fully saturated rings. The molecule has 1 saturated heterocycles. The van der Waals surface area contributed by atoms with Crippen molar-refractivity contribution in [3.8, 4) is 0 Å². The highest BCUT2D eigenvalue weighted by atomic mass is 32.2. The number of anilines is 2. The number of hydrogen-bond donors (Lipinski definition) is 2. The molecule has 1 atom stereocenters. The molecule has 0 spiro atoms. The fourth-order valence-corrected chi connectivity index (χ4v) is 4.18. The zero-order valence-corrected chi connectivity index (χ0v) is 12.4. The van der Waals surface area contributed by atoms with Crippen LogP contribution in [0.15, 0.2) is 0 Å². The molecule has 3 N–H and O–H groups in total. The smallest absolute Gasteiger partial charge is 0.152 e. The van der Waals surface area contributed by atoms with Crippen molar-refractivity contribution >= 4 is 21.5 Å². The summed E-state index contributed by atoms with van der Waals surface area (Å²) in [5.41, 5.74) is 6.74. The van der Waals surface area contributed by atoms with Gasteiger partial charge in [-0.25, -0.2) is 18.4 Å². The molecule has 1 aliphatic heterocycles. The Bertz CT molecular complexity index is 626. The van der Waals surface area contributed by atoms with Gasteiger partial charge < -0.3 is 11.1 Å². The molecule has 1 aromatic rings. The van der Waals surface area contributed by atoms with Gasteiger partial charge in [0.15, 0.2) is 9.84 Å². The van der Waals surface area contributed by atoms with Gasteiger partial charge in [-0.15, -0.1) is 0 Å². The van der Waals surface area contributed by atoms with E-state index in [1.165, 1.54) is 0 Å². The molecule has 3 rings (SSSR count). The molecular formula is C13H20N4O2S. The molecule has 0 radical (unpaired) electrons. The lowest BCUT2D eigenvalue weighted by Crippen LogP contribution is -2.35. The molecule has 1 aliphatic carbocycles. The largest absolute Gasteiger partial charge is 0.383 e. The second-order valence-corrected chi connectivity index (χ2v) is 8.04. The Morgan fingerprint density at radius 2 is 2.00 bits per heavy atom. The average Bonchev–Trinajstić information content (AvgIpc) is 3.17. The molecule has 7 heteroatoms. The van der Waals surface area contributed by atoms with Crippen LogP contribution in [0, 0.1) is 6.92 Å². The van der Waals surface area contributed by atoms with E-state index < -0.39 is 9.84 Å². The molecule has 0 bridgehead atoms. The van der Waals surface area contributed by atoms with Crippen molar-refractivity contribution in [3.63, 3.8) is 0 Å². The summed E-state index contributed by atoms with van der Waals surface area (Å²) < 4.78 is 23.4. The van der Waals surface area contributed by atoms with E-state index in [4.69, 9.17) is 5.73 Å². The number of nitrogens with one attached hydrogen (secondary N) is 1. The van der Waals surface area contributed by atoms with Crippen LogP contribution in [0.3, 0.4) is 0 Å². The molecule has 0 amide bonds. The van der Waals surface area contributed by atoms with Crippen molar-refractivity contribution in [1.29, 1.82) is 0 Å². The third-order valence-electron chi connectivity index (χ3n) is 3.95. The summed E-state index contributed by atoms with van der Waals surface area (Å²) in [6, 6.07) is -0.0752. The molecule has 6 nitrogen and oxygen atoms in total. The first kappa shape index (κ1) is 13.6. The van der Waals surface area contributed by atoms with E-state index in [1.807, 2.05) is 6.92 Å². The Kier molecular flexibility index (Phi) is 3.32. The number of hydrogen-bond acceptors (Lipinski definition) is 6. The molecule has 20 heavy (non-hydrogen) atoms. The van der Waals surface area contributed by atoms with Crippen molar-refractivity contribution in [2.45, 2.75) is 44.6 Å². The van der Waals surface area contributed by atoms with Crippen LogP contribution in [0.25, 0.3) is 0 Å². The maximum Gasteiger partial charge on any atom is 0.152 e. The van der Waals surface area contributed by atoms with Crippen LogP contribution in [-0.2, 0) is 9.84 Å². The van der Waals surface area contributed by atoms with Crippen LogP contribution in [0.1, 0.15) is 43.0 Å². The molecule has 110 valence electrons. The van der Waals surface area contributed by atoms with Crippen molar-refractivity contribution in [3.05, 3.63) is 11.4 Å². The van der Waals surface area contributed by atoms with Gasteiger partial charge in [-0.3, -0.25) is 0 Å². The molecule has 1 unspecified atom stereocenters. The predicted molar refractivity (Wildman–Crippen MR) is 78.5 cm³/mol. The first-order chi connectivity index (χ1) is 9.44. The topological polar surface area (TPSA) is 98.0 Å². The van der Waals surface area contributed by atoms with Gasteiger partial charge in [0.2, 0.25) is 0 Å². The van der Waals surface area contributed by atoms with Crippen molar-refractivity contribution < 1.29 is 8.42 Å². The van der Waals surface area contributed by atoms with Crippen LogP contribution < -0.4 is 11.1 Å². The van der Waals surface area contributed by atoms with Gasteiger partial charge in [0.05, 0.1) is 11.5 Å². The molecule has 2 heterocycles. The fraction of sp³-hybridized carbons (Fsp3) is 0.692. The van der Waals surface area contributed by atoms with E-state index in [0.717, 1.165) is 30.7 Å². The zero-order valence-electron chi connectivity index (χ0n) is 11.6. The standard InChI is InChI=1S/C13H20N4O2S/c1-8-11(14)16-13(9-4-5-9)17-12(8)15-10-3-2-6-20(18,19)7-10/h9-10H,2-7H2,1H3,(H3,14,15,16,17). The summed E-state index contributed by atoms with van der Waals surface area (Å²) in [6.45, 7) is 1.87. The summed E-state index contributed by atoms with van der Waals surface area (Å²) in [4.78, 5) is 8.87. The Morgan fingerprint density at radius 3 is 2.65 bits per heavy atom. The summed E-state index contributed by atoms with van der Waals surface area (Å²) in [7, 11) is -2.93. The van der Waals surface area contributed by atoms with Gasteiger partial charge in [0, 0.05) is 17.5 Å². The SMILES string of the molecule is Cc1c(N)nc(C2CC2)nc1NC1CCCS(=O)(=O)C1. The molecule has 2 aliphatic rings. The van der Waals surface area contributed by atoms with Crippen LogP contribution in [-0.4, -0.2) is 35.9 Å². The van der Waals surface area contributed by atoms with Crippen LogP contribution in [0.4, 0.5) is 11.6 Å². The predicted octanol–water partition coefficient (Wildman–Crippen LogP) is 1.23. The molecule has 1 saturated carbocycles. The van der Waals surface area contributed by atoms with E-state index in [9.17, 15) is 8.42 Å². The fourth-order valence-electron chi connectivity index (χ4n) is 2.55. The van der Waals surface area contributed by atoms with Gasteiger partial charge >= 0.3 is 0 Å². The Morgan fingerprint density at radius 1 is 1.25 bits per heavy atom. The number of aromatic nitrogens is 2. The van der Waals surface area contributed by atoms with Crippen LogP contribution in [0.2, 0.25) is 0 Å². The average molecular weight is 296 g/mol. The minimum Gasteiger partial charge on any atom is -0.383 e. The van der Waals surface area contributed by atoms with Gasteiger partial charge in [0.25, 0.3) is 0 Å². The van der Waals surface area contributed by atoms with Gasteiger partial charge in [0.1, 0.15) is 17.5 Å². The minimum absolute atomic E-state index is 0.0752. The maximum absolute atomic E-state index is 11.7. The summed E-state index contributed by atoms with van der Waals surface area (Å²) >= 11 is 0. The normalized spacial score (nSPS) is 25.4. The van der Waals surface area contributed by atoms with Crippen molar-refractivity contribution in [2.24, 2.45) is 0 Å². The maximum atomic E-state index is 11.7. The van der Waals surface area contributed by atoms with E-state index in [0.29, 0.717) is 29.7 Å². The van der Waals surface area contributed by atoms with E-state index >= 15 is 0 Å². The Hall–Kier alpha value is -1.37. The lowest BCUT2D eigenvalue weighted by molar-refractivity contribution is 0.561. The Labute approximate surface area is 119 Å². The highest BCUT2D eigenvalue weighted by Crippen LogP contribution is 2.39. The first-order valence-corrected chi connectivity index (χ1v) is 8.88. The lowest BCUT2D eigenvalue weighted by Gasteiger charge is -2.24. The first-order valence-electron chi connectivity index (χ1n) is 7.05. The van der Waals surface area contributed by atoms with E-state index in [-0.39, 0.29) is 11.8 Å². The monoisotopic (exact) mass is 296 g/mol. The van der Waals surface area contributed by atoms with Gasteiger partial charge in [-0.2, -0.15) is 0 Å². The third kappa shape index (κ3) is 2.87. The molecule has 1 aromatic heterocycles. The van der Waals surface area contributed by atoms with Crippen molar-refractivity contribution in [2.75, 3.05) is 22.6 Å². The second kappa shape index (κ2) is 4.87. The minimum atomic E-state index is -2.93. The lowest BCUT2D eigenvalue weighted by atomic mass is 10.1. The summed E-state index contributed by atoms with van der Waals surface area (Å²) in [5, 5.41) is 3.26. The third-order valence-corrected chi connectivity index (χ3v) is 5.77. The number of rotatable bonds is 3. The van der Waals surface area contributed by atoms with E-state index in [1.54, 1.807) is 0 Å². The van der Waals surface area contributed by atoms with Crippen LogP contribution in [0.5, 0.6) is 0 Å². The number of nitrogens with zero attached hydrogens (tertiary/aromatic N) is 2. The molecular weight excluding hydrogens is 276 g/mol. The quantitative estimate of drug-likeness (QED) is 0.870. The van der Waals surface area contributed by atoms with Gasteiger partial charge in [-0.1, -0.05) is 0 Å². The number of nitrogen functional groups attached to an aromatic ring is 1. The molecule has 0 aromatic carbocycles. The highest BCUT2D eigenvalue weighted by Gasteiger charge is 2.29. The summed E-state index contributed by atoms with van der Waals surface area (Å²) in [5.74, 6) is 2.87. The number of sulfone groups is 1. The van der Waals surface area contributed by atoms with Crippen molar-refractivity contribution in [1.82, 2.24) is 9.97 Å². The van der Waals surface area contributed by atoms with E-state index in [2.05, 4.69) is 15.3 Å². The zero-order chi connectivity index (χ0) is 14.3. The second-order valence-electron chi connectivity index (χ2n) is 5.81. The summed E-state index contributed by atoms with van der Waals surface area (Å²) in [6.07, 6.45) is 3.77. The number of nitrogens with two attached hydrogens (primary N) is 1. The van der Waals surface area contributed by atoms with Gasteiger partial charge in [-0.05, 0) is 32.6 Å². The Balaban J connectivity index is 1.82.